The minimum Gasteiger partial charge on any atom is -0.258 e. The van der Waals surface area contributed by atoms with Crippen molar-refractivity contribution in [3.8, 4) is 0 Å². The molecule has 0 aliphatic carbocycles. The molecule has 1 aromatic rings. The molecule has 0 aliphatic rings. The van der Waals surface area contributed by atoms with Gasteiger partial charge < -0.3 is 0 Å². The van der Waals surface area contributed by atoms with Crippen LogP contribution in [0.25, 0.3) is 0 Å². The molecule has 15 heavy (non-hydrogen) atoms. The van der Waals surface area contributed by atoms with Crippen molar-refractivity contribution in [2.75, 3.05) is 0 Å². The smallest absolute Gasteiger partial charge is 0.258 e. The molecule has 1 aromatic carbocycles. The van der Waals surface area contributed by atoms with E-state index in [4.69, 9.17) is 16.7 Å². The summed E-state index contributed by atoms with van der Waals surface area (Å²) in [7, 11) is -3.93. The van der Waals surface area contributed by atoms with Crippen LogP contribution in [0.5, 0.6) is 0 Å². The normalized spacial score (nSPS) is 11.3. The first-order valence-electron chi connectivity index (χ1n) is 3.72. The van der Waals surface area contributed by atoms with Gasteiger partial charge in [0, 0.05) is 11.6 Å². The Hall–Kier alpha value is -1.18. The zero-order chi connectivity index (χ0) is 11.6. The topological polar surface area (TPSA) is 103 Å². The van der Waals surface area contributed by atoms with Crippen LogP contribution >= 0.6 is 11.6 Å². The van der Waals surface area contributed by atoms with Gasteiger partial charge in [-0.15, -0.1) is 11.6 Å². The van der Waals surface area contributed by atoms with E-state index in [0.717, 1.165) is 6.07 Å². The molecule has 0 bridgehead atoms. The Balaban J connectivity index is 3.42. The number of sulfonamides is 1. The van der Waals surface area contributed by atoms with Gasteiger partial charge in [0.05, 0.1) is 15.7 Å². The Kier molecular flexibility index (Phi) is 3.28. The number of alkyl halides is 1. The third-order valence-corrected chi connectivity index (χ3v) is 2.92. The van der Waals surface area contributed by atoms with E-state index >= 15 is 0 Å². The molecule has 0 saturated carbocycles. The maximum absolute atomic E-state index is 10.9. The Labute approximate surface area is 90.9 Å². The summed E-state index contributed by atoms with van der Waals surface area (Å²) in [6, 6.07) is 3.35. The lowest BCUT2D eigenvalue weighted by Gasteiger charge is -2.01. The lowest BCUT2D eigenvalue weighted by atomic mass is 10.2. The number of benzene rings is 1. The van der Waals surface area contributed by atoms with Crippen molar-refractivity contribution in [1.29, 1.82) is 0 Å². The van der Waals surface area contributed by atoms with Crippen molar-refractivity contribution in [2.24, 2.45) is 5.14 Å². The number of nitro benzene ring substituents is 1. The van der Waals surface area contributed by atoms with Crippen molar-refractivity contribution in [1.82, 2.24) is 0 Å². The highest BCUT2D eigenvalue weighted by Crippen LogP contribution is 2.23. The van der Waals surface area contributed by atoms with E-state index < -0.39 is 14.9 Å². The Morgan fingerprint density at radius 2 is 2.07 bits per heavy atom. The second-order valence-electron chi connectivity index (χ2n) is 2.73. The van der Waals surface area contributed by atoms with Gasteiger partial charge in [0.1, 0.15) is 0 Å². The molecule has 1 rings (SSSR count). The molecule has 0 heterocycles. The molecule has 0 fully saturated rings. The number of nitrogens with zero attached hydrogens (tertiary/aromatic N) is 1. The van der Waals surface area contributed by atoms with Crippen LogP contribution in [0.3, 0.4) is 0 Å². The summed E-state index contributed by atoms with van der Waals surface area (Å²) < 4.78 is 21.9. The molecular weight excluding hydrogens is 244 g/mol. The van der Waals surface area contributed by atoms with Gasteiger partial charge in [0.15, 0.2) is 0 Å². The van der Waals surface area contributed by atoms with E-state index in [1.807, 2.05) is 0 Å². The summed E-state index contributed by atoms with van der Waals surface area (Å²) in [4.78, 5) is 9.57. The highest BCUT2D eigenvalue weighted by molar-refractivity contribution is 7.89. The van der Waals surface area contributed by atoms with E-state index in [2.05, 4.69) is 0 Å². The van der Waals surface area contributed by atoms with Crippen molar-refractivity contribution in [3.05, 3.63) is 33.9 Å². The van der Waals surface area contributed by atoms with E-state index in [9.17, 15) is 18.5 Å². The molecule has 0 aromatic heterocycles. The first kappa shape index (κ1) is 11.9. The predicted octanol–water partition coefficient (Wildman–Crippen LogP) is 0.981. The number of hydrogen-bond donors (Lipinski definition) is 1. The third kappa shape index (κ3) is 2.65. The molecule has 0 saturated heterocycles. The summed E-state index contributed by atoms with van der Waals surface area (Å²) in [5.74, 6) is -0.0682. The van der Waals surface area contributed by atoms with Crippen molar-refractivity contribution < 1.29 is 13.3 Å². The second-order valence-corrected chi connectivity index (χ2v) is 4.55. The summed E-state index contributed by atoms with van der Waals surface area (Å²) in [5, 5.41) is 15.4. The van der Waals surface area contributed by atoms with E-state index in [1.165, 1.54) is 12.1 Å². The highest BCUT2D eigenvalue weighted by atomic mass is 35.5. The predicted molar refractivity (Wildman–Crippen MR) is 54.0 cm³/mol. The van der Waals surface area contributed by atoms with Gasteiger partial charge in [0.25, 0.3) is 5.69 Å². The molecule has 0 atom stereocenters. The summed E-state index contributed by atoms with van der Waals surface area (Å²) in [6.45, 7) is 0. The minimum absolute atomic E-state index is 0.0682. The Morgan fingerprint density at radius 1 is 1.47 bits per heavy atom. The Morgan fingerprint density at radius 3 is 2.47 bits per heavy atom. The van der Waals surface area contributed by atoms with Gasteiger partial charge in [-0.25, -0.2) is 13.6 Å². The number of nitro groups is 1. The molecule has 0 radical (unpaired) electrons. The second kappa shape index (κ2) is 4.13. The van der Waals surface area contributed by atoms with Crippen LogP contribution in [0, 0.1) is 10.1 Å². The fourth-order valence-electron chi connectivity index (χ4n) is 1.00. The fraction of sp³-hybridized carbons (Fsp3) is 0.143. The number of halogens is 1. The zero-order valence-electron chi connectivity index (χ0n) is 7.38. The number of primary sulfonamides is 1. The number of rotatable bonds is 3. The number of hydrogen-bond acceptors (Lipinski definition) is 4. The van der Waals surface area contributed by atoms with Crippen molar-refractivity contribution >= 4 is 27.3 Å². The fourth-order valence-corrected chi connectivity index (χ4v) is 1.76. The van der Waals surface area contributed by atoms with E-state index in [-0.39, 0.29) is 22.0 Å². The average Bonchev–Trinajstić information content (AvgIpc) is 2.15. The summed E-state index contributed by atoms with van der Waals surface area (Å²) >= 11 is 5.46. The zero-order valence-corrected chi connectivity index (χ0v) is 8.96. The third-order valence-electron chi connectivity index (χ3n) is 1.73. The van der Waals surface area contributed by atoms with Crippen molar-refractivity contribution in [3.63, 3.8) is 0 Å². The van der Waals surface area contributed by atoms with E-state index in [1.54, 1.807) is 0 Å². The van der Waals surface area contributed by atoms with Gasteiger partial charge in [-0.05, 0) is 12.1 Å². The molecule has 0 unspecified atom stereocenters. The van der Waals surface area contributed by atoms with Crippen molar-refractivity contribution in [2.45, 2.75) is 10.8 Å². The summed E-state index contributed by atoms with van der Waals surface area (Å²) in [5.41, 5.74) is -0.106. The lowest BCUT2D eigenvalue weighted by molar-refractivity contribution is -0.385. The van der Waals surface area contributed by atoms with Crippen LogP contribution in [0.2, 0.25) is 0 Å². The molecule has 0 spiro atoms. The van der Waals surface area contributed by atoms with Crippen LogP contribution in [0.1, 0.15) is 5.56 Å². The van der Waals surface area contributed by atoms with Gasteiger partial charge >= 0.3 is 0 Å². The molecule has 6 nitrogen and oxygen atoms in total. The first-order valence-corrected chi connectivity index (χ1v) is 5.80. The van der Waals surface area contributed by atoms with Crippen LogP contribution < -0.4 is 5.14 Å². The maximum atomic E-state index is 10.9. The molecular formula is C7H7ClN2O4S. The molecule has 0 aliphatic heterocycles. The first-order chi connectivity index (χ1) is 6.86. The largest absolute Gasteiger partial charge is 0.275 e. The Bertz CT molecular complexity index is 500. The van der Waals surface area contributed by atoms with Gasteiger partial charge in [0.2, 0.25) is 10.0 Å². The van der Waals surface area contributed by atoms with Crippen LogP contribution in [-0.4, -0.2) is 13.3 Å². The average molecular weight is 251 g/mol. The van der Waals surface area contributed by atoms with Gasteiger partial charge in [-0.3, -0.25) is 10.1 Å². The molecule has 0 amide bonds. The monoisotopic (exact) mass is 250 g/mol. The molecule has 2 N–H and O–H groups in total. The van der Waals surface area contributed by atoms with Crippen LogP contribution in [0.15, 0.2) is 23.1 Å². The highest BCUT2D eigenvalue weighted by Gasteiger charge is 2.17. The SMILES string of the molecule is NS(=O)(=O)c1ccc(CCl)c([N+](=O)[O-])c1. The van der Waals surface area contributed by atoms with E-state index in [0.29, 0.717) is 0 Å². The lowest BCUT2D eigenvalue weighted by Crippen LogP contribution is -2.12. The molecule has 8 heteroatoms. The number of nitrogens with two attached hydrogens (primary N) is 1. The van der Waals surface area contributed by atoms with Crippen LogP contribution in [0.4, 0.5) is 5.69 Å². The van der Waals surface area contributed by atoms with Gasteiger partial charge in [-0.2, -0.15) is 0 Å². The molecule has 82 valence electrons. The maximum Gasteiger partial charge on any atom is 0.275 e. The standard InChI is InChI=1S/C7H7ClN2O4S/c8-4-5-1-2-6(15(9,13)14)3-7(5)10(11)12/h1-3H,4H2,(H2,9,13,14). The van der Waals surface area contributed by atoms with Gasteiger partial charge in [-0.1, -0.05) is 0 Å². The van der Waals surface area contributed by atoms with Crippen LogP contribution in [-0.2, 0) is 15.9 Å². The minimum atomic E-state index is -3.93. The quantitative estimate of drug-likeness (QED) is 0.490. The summed E-state index contributed by atoms with van der Waals surface area (Å²) in [6.07, 6.45) is 0.